The first-order valence-corrected chi connectivity index (χ1v) is 5.41. The van der Waals surface area contributed by atoms with E-state index in [9.17, 15) is 0 Å². The molecule has 2 spiro atoms. The van der Waals surface area contributed by atoms with Crippen LogP contribution in [0, 0.1) is 21.7 Å². The second-order valence-electron chi connectivity index (χ2n) is 6.41. The van der Waals surface area contributed by atoms with Gasteiger partial charge in [0.05, 0.1) is 0 Å². The SMILES string of the molecule is CC1(C)C2(CC2)C(C)(C)C12CC2. The predicted molar refractivity (Wildman–Crippen MR) is 50.9 cm³/mol. The molecule has 3 saturated carbocycles. The molecule has 0 N–H and O–H groups in total. The van der Waals surface area contributed by atoms with E-state index in [2.05, 4.69) is 27.7 Å². The monoisotopic (exact) mass is 164 g/mol. The number of rotatable bonds is 0. The van der Waals surface area contributed by atoms with Crippen molar-refractivity contribution in [3.05, 3.63) is 0 Å². The highest BCUT2D eigenvalue weighted by Crippen LogP contribution is 2.94. The van der Waals surface area contributed by atoms with E-state index in [1.165, 1.54) is 25.7 Å². The van der Waals surface area contributed by atoms with Crippen LogP contribution >= 0.6 is 0 Å². The summed E-state index contributed by atoms with van der Waals surface area (Å²) in [5, 5.41) is 0. The van der Waals surface area contributed by atoms with Crippen molar-refractivity contribution < 1.29 is 0 Å². The molecule has 0 unspecified atom stereocenters. The molecule has 0 nitrogen and oxygen atoms in total. The Kier molecular flexibility index (Phi) is 0.866. The van der Waals surface area contributed by atoms with Crippen molar-refractivity contribution >= 4 is 0 Å². The molecule has 0 aliphatic heterocycles. The van der Waals surface area contributed by atoms with Gasteiger partial charge in [-0.1, -0.05) is 27.7 Å². The Bertz CT molecular complexity index is 201. The zero-order valence-electron chi connectivity index (χ0n) is 8.83. The lowest BCUT2D eigenvalue weighted by molar-refractivity contribution is -0.206. The average molecular weight is 164 g/mol. The Labute approximate surface area is 75.7 Å². The van der Waals surface area contributed by atoms with Crippen LogP contribution in [0.4, 0.5) is 0 Å². The maximum Gasteiger partial charge on any atom is -0.0184 e. The zero-order chi connectivity index (χ0) is 8.83. The van der Waals surface area contributed by atoms with Gasteiger partial charge in [-0.05, 0) is 47.3 Å². The van der Waals surface area contributed by atoms with Gasteiger partial charge in [-0.2, -0.15) is 0 Å². The van der Waals surface area contributed by atoms with E-state index in [0.717, 1.165) is 10.8 Å². The first-order valence-electron chi connectivity index (χ1n) is 5.41. The molecule has 0 aromatic rings. The Morgan fingerprint density at radius 1 is 0.583 bits per heavy atom. The minimum Gasteiger partial charge on any atom is -0.0588 e. The molecule has 0 bridgehead atoms. The fraction of sp³-hybridized carbons (Fsp3) is 1.00. The maximum atomic E-state index is 2.53. The van der Waals surface area contributed by atoms with Crippen LogP contribution in [-0.4, -0.2) is 0 Å². The Hall–Kier alpha value is 0. The smallest absolute Gasteiger partial charge is 0.0184 e. The molecule has 68 valence electrons. The first-order chi connectivity index (χ1) is 5.41. The third-order valence-electron chi connectivity index (χ3n) is 6.29. The lowest BCUT2D eigenvalue weighted by atomic mass is 9.36. The predicted octanol–water partition coefficient (Wildman–Crippen LogP) is 3.61. The van der Waals surface area contributed by atoms with Crippen molar-refractivity contribution in [1.29, 1.82) is 0 Å². The van der Waals surface area contributed by atoms with Crippen LogP contribution in [-0.2, 0) is 0 Å². The van der Waals surface area contributed by atoms with Crippen LogP contribution in [0.3, 0.4) is 0 Å². The molecule has 0 amide bonds. The summed E-state index contributed by atoms with van der Waals surface area (Å²) in [6, 6.07) is 0. The van der Waals surface area contributed by atoms with Gasteiger partial charge in [0.1, 0.15) is 0 Å². The van der Waals surface area contributed by atoms with E-state index in [0.29, 0.717) is 10.8 Å². The van der Waals surface area contributed by atoms with Gasteiger partial charge in [-0.3, -0.25) is 0 Å². The highest BCUT2D eigenvalue weighted by molar-refractivity contribution is 5.35. The highest BCUT2D eigenvalue weighted by Gasteiger charge is 2.86. The van der Waals surface area contributed by atoms with Gasteiger partial charge >= 0.3 is 0 Å². The molecule has 3 aliphatic carbocycles. The minimum absolute atomic E-state index is 0.670. The third-order valence-corrected chi connectivity index (χ3v) is 6.29. The minimum atomic E-state index is 0.670. The quantitative estimate of drug-likeness (QED) is 0.513. The van der Waals surface area contributed by atoms with Crippen LogP contribution in [0.15, 0.2) is 0 Å². The van der Waals surface area contributed by atoms with Crippen molar-refractivity contribution in [2.75, 3.05) is 0 Å². The number of hydrogen-bond donors (Lipinski definition) is 0. The van der Waals surface area contributed by atoms with E-state index in [-0.39, 0.29) is 0 Å². The molecule has 0 aromatic carbocycles. The molecule has 3 aliphatic rings. The van der Waals surface area contributed by atoms with Crippen LogP contribution in [0.5, 0.6) is 0 Å². The summed E-state index contributed by atoms with van der Waals surface area (Å²) >= 11 is 0. The summed E-state index contributed by atoms with van der Waals surface area (Å²) in [5.74, 6) is 0. The van der Waals surface area contributed by atoms with Crippen molar-refractivity contribution in [3.8, 4) is 0 Å². The maximum absolute atomic E-state index is 2.53. The normalized spacial score (nSPS) is 41.0. The van der Waals surface area contributed by atoms with Gasteiger partial charge in [0.25, 0.3) is 0 Å². The van der Waals surface area contributed by atoms with E-state index in [1.807, 2.05) is 0 Å². The molecule has 3 rings (SSSR count). The molecule has 0 heteroatoms. The topological polar surface area (TPSA) is 0 Å². The standard InChI is InChI=1S/C12H20/c1-9(2)11(5-6-11)10(3,4)12(9)7-8-12/h5-8H2,1-4H3. The van der Waals surface area contributed by atoms with Gasteiger partial charge in [0.15, 0.2) is 0 Å². The first kappa shape index (κ1) is 7.41. The van der Waals surface area contributed by atoms with Gasteiger partial charge in [0, 0.05) is 0 Å². The summed E-state index contributed by atoms with van der Waals surface area (Å²) < 4.78 is 0. The Morgan fingerprint density at radius 3 is 1.00 bits per heavy atom. The molecule has 12 heavy (non-hydrogen) atoms. The third kappa shape index (κ3) is 0.383. The largest absolute Gasteiger partial charge is 0.0588 e. The average Bonchev–Trinajstić information content (AvgIpc) is 2.83. The highest BCUT2D eigenvalue weighted by atomic mass is 14.9. The van der Waals surface area contributed by atoms with Gasteiger partial charge < -0.3 is 0 Å². The van der Waals surface area contributed by atoms with Crippen molar-refractivity contribution in [2.45, 2.75) is 53.4 Å². The fourth-order valence-electron chi connectivity index (χ4n) is 5.17. The van der Waals surface area contributed by atoms with Crippen molar-refractivity contribution in [3.63, 3.8) is 0 Å². The van der Waals surface area contributed by atoms with Crippen LogP contribution in [0.25, 0.3) is 0 Å². The molecular formula is C12H20. The molecule has 0 aromatic heterocycles. The second-order valence-corrected chi connectivity index (χ2v) is 6.41. The number of hydrogen-bond acceptors (Lipinski definition) is 0. The van der Waals surface area contributed by atoms with E-state index in [1.54, 1.807) is 0 Å². The van der Waals surface area contributed by atoms with Gasteiger partial charge in [-0.15, -0.1) is 0 Å². The summed E-state index contributed by atoms with van der Waals surface area (Å²) in [5.41, 5.74) is 2.86. The molecule has 3 fully saturated rings. The lowest BCUT2D eigenvalue weighted by Gasteiger charge is -2.68. The molecule has 0 radical (unpaired) electrons. The Morgan fingerprint density at radius 2 is 0.833 bits per heavy atom. The molecule has 0 atom stereocenters. The van der Waals surface area contributed by atoms with Gasteiger partial charge in [-0.25, -0.2) is 0 Å². The summed E-state index contributed by atoms with van der Waals surface area (Å²) in [6.07, 6.45) is 6.03. The van der Waals surface area contributed by atoms with E-state index >= 15 is 0 Å². The fourth-order valence-corrected chi connectivity index (χ4v) is 5.17. The van der Waals surface area contributed by atoms with E-state index in [4.69, 9.17) is 0 Å². The summed E-state index contributed by atoms with van der Waals surface area (Å²) in [4.78, 5) is 0. The van der Waals surface area contributed by atoms with Gasteiger partial charge in [0.2, 0.25) is 0 Å². The summed E-state index contributed by atoms with van der Waals surface area (Å²) in [7, 11) is 0. The van der Waals surface area contributed by atoms with Crippen molar-refractivity contribution in [1.82, 2.24) is 0 Å². The summed E-state index contributed by atoms with van der Waals surface area (Å²) in [6.45, 7) is 10.1. The molecule has 0 heterocycles. The van der Waals surface area contributed by atoms with Crippen molar-refractivity contribution in [2.24, 2.45) is 21.7 Å². The Balaban J connectivity index is 2.09. The lowest BCUT2D eigenvalue weighted by Crippen LogP contribution is -2.63. The van der Waals surface area contributed by atoms with Crippen LogP contribution in [0.2, 0.25) is 0 Å². The molecule has 0 saturated heterocycles. The van der Waals surface area contributed by atoms with E-state index < -0.39 is 0 Å². The van der Waals surface area contributed by atoms with Crippen LogP contribution < -0.4 is 0 Å². The second kappa shape index (κ2) is 1.40. The zero-order valence-corrected chi connectivity index (χ0v) is 8.83. The van der Waals surface area contributed by atoms with Crippen LogP contribution in [0.1, 0.15) is 53.4 Å². The molecular weight excluding hydrogens is 144 g/mol.